The van der Waals surface area contributed by atoms with Crippen LogP contribution in [0.1, 0.15) is 59.3 Å². The van der Waals surface area contributed by atoms with Crippen molar-refractivity contribution >= 4 is 0 Å². The zero-order valence-electron chi connectivity index (χ0n) is 9.97. The summed E-state index contributed by atoms with van der Waals surface area (Å²) in [7, 11) is 0. The monoisotopic (exact) mass is 195 g/mol. The second-order valence-corrected chi connectivity index (χ2v) is 5.82. The Labute approximate surface area is 88.7 Å². The highest BCUT2D eigenvalue weighted by molar-refractivity contribution is 5.06. The second-order valence-electron chi connectivity index (χ2n) is 5.82. The quantitative estimate of drug-likeness (QED) is 0.728. The summed E-state index contributed by atoms with van der Waals surface area (Å²) < 4.78 is 0. The van der Waals surface area contributed by atoms with Gasteiger partial charge in [-0.2, -0.15) is 0 Å². The number of rotatable bonds is 3. The molecule has 0 spiro atoms. The van der Waals surface area contributed by atoms with Gasteiger partial charge in [0.1, 0.15) is 0 Å². The van der Waals surface area contributed by atoms with Crippen molar-refractivity contribution in [2.45, 2.75) is 70.9 Å². The molecule has 0 amide bonds. The van der Waals surface area contributed by atoms with Crippen molar-refractivity contribution in [2.75, 3.05) is 0 Å². The molecule has 2 rings (SSSR count). The van der Waals surface area contributed by atoms with Crippen LogP contribution in [0.5, 0.6) is 0 Å². The van der Waals surface area contributed by atoms with Gasteiger partial charge in [0.05, 0.1) is 0 Å². The first-order valence-corrected chi connectivity index (χ1v) is 6.42. The van der Waals surface area contributed by atoms with E-state index in [0.717, 1.165) is 17.9 Å². The Hall–Kier alpha value is -0.0400. The molecule has 0 radical (unpaired) electrons. The largest absolute Gasteiger partial charge is 0.308 e. The highest BCUT2D eigenvalue weighted by Gasteiger charge is 2.46. The summed E-state index contributed by atoms with van der Waals surface area (Å²) in [5, 5.41) is 3.96. The molecule has 2 aliphatic rings. The third kappa shape index (κ3) is 1.98. The van der Waals surface area contributed by atoms with Crippen LogP contribution in [0.4, 0.5) is 0 Å². The van der Waals surface area contributed by atoms with Gasteiger partial charge < -0.3 is 5.32 Å². The van der Waals surface area contributed by atoms with Gasteiger partial charge in [-0.05, 0) is 37.5 Å². The summed E-state index contributed by atoms with van der Waals surface area (Å²) in [5.74, 6) is 1.72. The minimum absolute atomic E-state index is 0.538. The Morgan fingerprint density at radius 1 is 1.14 bits per heavy atom. The minimum Gasteiger partial charge on any atom is -0.308 e. The molecular formula is C13H25N. The molecule has 0 saturated heterocycles. The molecule has 1 heteroatoms. The van der Waals surface area contributed by atoms with Gasteiger partial charge in [0.25, 0.3) is 0 Å². The van der Waals surface area contributed by atoms with Gasteiger partial charge in [0.2, 0.25) is 0 Å². The summed E-state index contributed by atoms with van der Waals surface area (Å²) >= 11 is 0. The lowest BCUT2D eigenvalue weighted by Crippen LogP contribution is -2.47. The topological polar surface area (TPSA) is 12.0 Å². The highest BCUT2D eigenvalue weighted by Crippen LogP contribution is 2.43. The van der Waals surface area contributed by atoms with Gasteiger partial charge in [-0.3, -0.25) is 0 Å². The van der Waals surface area contributed by atoms with E-state index in [1.165, 1.54) is 38.5 Å². The summed E-state index contributed by atoms with van der Waals surface area (Å²) in [5.41, 5.74) is 0.538. The number of nitrogens with one attached hydrogen (secondary N) is 1. The molecule has 2 unspecified atom stereocenters. The third-order valence-electron chi connectivity index (χ3n) is 4.48. The molecule has 0 heterocycles. The van der Waals surface area contributed by atoms with E-state index in [4.69, 9.17) is 0 Å². The first kappa shape index (κ1) is 10.5. The van der Waals surface area contributed by atoms with Crippen molar-refractivity contribution in [1.29, 1.82) is 0 Å². The van der Waals surface area contributed by atoms with Crippen molar-refractivity contribution in [3.63, 3.8) is 0 Å². The molecule has 0 aromatic carbocycles. The number of hydrogen-bond donors (Lipinski definition) is 1. The fraction of sp³-hybridized carbons (Fsp3) is 1.00. The fourth-order valence-corrected chi connectivity index (χ4v) is 2.92. The molecule has 1 nitrogen and oxygen atoms in total. The zero-order chi connectivity index (χ0) is 10.2. The Balaban J connectivity index is 1.89. The Bertz CT molecular complexity index is 193. The van der Waals surface area contributed by atoms with Gasteiger partial charge in [0, 0.05) is 11.6 Å². The Morgan fingerprint density at radius 2 is 1.79 bits per heavy atom. The standard InChI is InChI=1S/C13H25N/c1-10(2)13(8-9-13)14-12-7-5-4-6-11(12)3/h10-12,14H,4-9H2,1-3H3. The van der Waals surface area contributed by atoms with Crippen molar-refractivity contribution in [1.82, 2.24) is 5.32 Å². The normalized spacial score (nSPS) is 36.0. The molecule has 0 aromatic heterocycles. The average Bonchev–Trinajstić information content (AvgIpc) is 2.90. The minimum atomic E-state index is 0.538. The van der Waals surface area contributed by atoms with Crippen LogP contribution in [0.25, 0.3) is 0 Å². The summed E-state index contributed by atoms with van der Waals surface area (Å²) in [4.78, 5) is 0. The van der Waals surface area contributed by atoms with Crippen molar-refractivity contribution in [3.8, 4) is 0 Å². The summed E-state index contributed by atoms with van der Waals surface area (Å²) in [6.07, 6.45) is 8.56. The predicted molar refractivity (Wildman–Crippen MR) is 61.4 cm³/mol. The lowest BCUT2D eigenvalue weighted by molar-refractivity contribution is 0.226. The zero-order valence-corrected chi connectivity index (χ0v) is 9.97. The van der Waals surface area contributed by atoms with Crippen molar-refractivity contribution in [3.05, 3.63) is 0 Å². The van der Waals surface area contributed by atoms with E-state index >= 15 is 0 Å². The van der Waals surface area contributed by atoms with E-state index in [-0.39, 0.29) is 0 Å². The molecule has 14 heavy (non-hydrogen) atoms. The van der Waals surface area contributed by atoms with Crippen LogP contribution in [0.15, 0.2) is 0 Å². The fourth-order valence-electron chi connectivity index (χ4n) is 2.92. The van der Waals surface area contributed by atoms with Gasteiger partial charge >= 0.3 is 0 Å². The molecular weight excluding hydrogens is 170 g/mol. The summed E-state index contributed by atoms with van der Waals surface area (Å²) in [6.45, 7) is 7.16. The molecule has 2 atom stereocenters. The van der Waals surface area contributed by atoms with Gasteiger partial charge in [-0.15, -0.1) is 0 Å². The van der Waals surface area contributed by atoms with Crippen LogP contribution < -0.4 is 5.32 Å². The van der Waals surface area contributed by atoms with Crippen LogP contribution in [0.2, 0.25) is 0 Å². The molecule has 2 saturated carbocycles. The van der Waals surface area contributed by atoms with E-state index in [1.807, 2.05) is 0 Å². The third-order valence-corrected chi connectivity index (χ3v) is 4.48. The molecule has 2 aliphatic carbocycles. The van der Waals surface area contributed by atoms with Gasteiger partial charge in [-0.25, -0.2) is 0 Å². The predicted octanol–water partition coefficient (Wildman–Crippen LogP) is 3.34. The first-order chi connectivity index (χ1) is 6.64. The lowest BCUT2D eigenvalue weighted by Gasteiger charge is -2.35. The van der Waals surface area contributed by atoms with E-state index in [0.29, 0.717) is 5.54 Å². The summed E-state index contributed by atoms with van der Waals surface area (Å²) in [6, 6.07) is 0.814. The van der Waals surface area contributed by atoms with Gasteiger partial charge in [-0.1, -0.05) is 33.6 Å². The lowest BCUT2D eigenvalue weighted by atomic mass is 9.84. The van der Waals surface area contributed by atoms with Crippen LogP contribution in [0, 0.1) is 11.8 Å². The smallest absolute Gasteiger partial charge is 0.0208 e. The molecule has 0 bridgehead atoms. The molecule has 0 aromatic rings. The average molecular weight is 195 g/mol. The van der Waals surface area contributed by atoms with E-state index in [1.54, 1.807) is 0 Å². The molecule has 1 N–H and O–H groups in total. The molecule has 82 valence electrons. The SMILES string of the molecule is CC1CCCCC1NC1(C(C)C)CC1. The molecule has 0 aliphatic heterocycles. The van der Waals surface area contributed by atoms with E-state index < -0.39 is 0 Å². The van der Waals surface area contributed by atoms with E-state index in [9.17, 15) is 0 Å². The van der Waals surface area contributed by atoms with Crippen molar-refractivity contribution < 1.29 is 0 Å². The maximum atomic E-state index is 3.96. The highest BCUT2D eigenvalue weighted by atomic mass is 15.1. The van der Waals surface area contributed by atoms with E-state index in [2.05, 4.69) is 26.1 Å². The Morgan fingerprint density at radius 3 is 2.29 bits per heavy atom. The maximum Gasteiger partial charge on any atom is 0.0208 e. The first-order valence-electron chi connectivity index (χ1n) is 6.42. The van der Waals surface area contributed by atoms with Crippen LogP contribution >= 0.6 is 0 Å². The second kappa shape index (κ2) is 3.84. The molecule has 2 fully saturated rings. The maximum absolute atomic E-state index is 3.96. The number of hydrogen-bond acceptors (Lipinski definition) is 1. The van der Waals surface area contributed by atoms with Crippen LogP contribution in [-0.4, -0.2) is 11.6 Å². The van der Waals surface area contributed by atoms with Crippen LogP contribution in [0.3, 0.4) is 0 Å². The van der Waals surface area contributed by atoms with Crippen LogP contribution in [-0.2, 0) is 0 Å². The van der Waals surface area contributed by atoms with Gasteiger partial charge in [0.15, 0.2) is 0 Å². The Kier molecular flexibility index (Phi) is 2.88. The van der Waals surface area contributed by atoms with Crippen molar-refractivity contribution in [2.24, 2.45) is 11.8 Å².